The van der Waals surface area contributed by atoms with Gasteiger partial charge in [-0.05, 0) is 36.1 Å². The van der Waals surface area contributed by atoms with Crippen molar-refractivity contribution in [2.24, 2.45) is 0 Å². The number of amides is 2. The molecular weight excluding hydrogens is 296 g/mol. The molecule has 2 aliphatic heterocycles. The van der Waals surface area contributed by atoms with Crippen LogP contribution in [0.1, 0.15) is 24.0 Å². The molecule has 2 aliphatic rings. The molecule has 1 aromatic rings. The molecule has 0 bridgehead atoms. The van der Waals surface area contributed by atoms with Gasteiger partial charge in [0, 0.05) is 26.6 Å². The molecule has 2 amide bonds. The molecule has 124 valence electrons. The van der Waals surface area contributed by atoms with Crippen molar-refractivity contribution < 1.29 is 19.1 Å². The Morgan fingerprint density at radius 3 is 2.35 bits per heavy atom. The Morgan fingerprint density at radius 2 is 1.78 bits per heavy atom. The van der Waals surface area contributed by atoms with Crippen LogP contribution in [0, 0.1) is 0 Å². The number of carbonyl (C=O) groups is 2. The number of carbonyl (C=O) groups excluding carboxylic acids is 2. The Morgan fingerprint density at radius 1 is 1.13 bits per heavy atom. The van der Waals surface area contributed by atoms with Crippen molar-refractivity contribution in [2.45, 2.75) is 31.8 Å². The molecule has 1 aromatic carbocycles. The molecule has 0 radical (unpaired) electrons. The Bertz CT molecular complexity index is 644. The molecule has 0 N–H and O–H groups in total. The molecule has 23 heavy (non-hydrogen) atoms. The summed E-state index contributed by atoms with van der Waals surface area (Å²) >= 11 is 0. The minimum absolute atomic E-state index is 0.0405. The third-order valence-electron chi connectivity index (χ3n) is 4.81. The number of fused-ring (bicyclic) bond motifs is 1. The molecule has 2 heterocycles. The van der Waals surface area contributed by atoms with Crippen LogP contribution in [0.3, 0.4) is 0 Å². The zero-order chi connectivity index (χ0) is 16.6. The number of hydrogen-bond acceptors (Lipinski definition) is 4. The average molecular weight is 318 g/mol. The first kappa shape index (κ1) is 15.6. The molecule has 1 fully saturated rings. The summed E-state index contributed by atoms with van der Waals surface area (Å²) in [4.78, 5) is 27.8. The fourth-order valence-electron chi connectivity index (χ4n) is 3.38. The van der Waals surface area contributed by atoms with E-state index < -0.39 is 0 Å². The smallest absolute Gasteiger partial charge is 0.245 e. The molecule has 1 atom stereocenters. The SMILES string of the molecule is COc1cc2c(cc1OC)CN(C(=O)C1CCC(=O)N1C)CC2. The summed E-state index contributed by atoms with van der Waals surface area (Å²) in [6.07, 6.45) is 1.86. The van der Waals surface area contributed by atoms with E-state index in [1.54, 1.807) is 26.2 Å². The van der Waals surface area contributed by atoms with Gasteiger partial charge in [-0.3, -0.25) is 9.59 Å². The molecule has 0 aromatic heterocycles. The van der Waals surface area contributed by atoms with E-state index in [1.165, 1.54) is 5.56 Å². The maximum absolute atomic E-state index is 12.7. The molecular formula is C17H22N2O4. The standard InChI is InChI=1S/C17H22N2O4/c1-18-13(4-5-16(18)20)17(21)19-7-6-11-8-14(22-2)15(23-3)9-12(11)10-19/h8-9,13H,4-7,10H2,1-3H3. The van der Waals surface area contributed by atoms with Gasteiger partial charge in [0.25, 0.3) is 0 Å². The van der Waals surface area contributed by atoms with Crippen LogP contribution in [-0.2, 0) is 22.6 Å². The van der Waals surface area contributed by atoms with Gasteiger partial charge in [-0.1, -0.05) is 0 Å². The summed E-state index contributed by atoms with van der Waals surface area (Å²) < 4.78 is 10.7. The lowest BCUT2D eigenvalue weighted by Crippen LogP contribution is -2.46. The predicted octanol–water partition coefficient (Wildman–Crippen LogP) is 1.21. The number of ether oxygens (including phenoxy) is 2. The molecule has 0 aliphatic carbocycles. The predicted molar refractivity (Wildman–Crippen MR) is 84.5 cm³/mol. The summed E-state index contributed by atoms with van der Waals surface area (Å²) in [5.41, 5.74) is 2.26. The number of hydrogen-bond donors (Lipinski definition) is 0. The fourth-order valence-corrected chi connectivity index (χ4v) is 3.38. The van der Waals surface area contributed by atoms with Gasteiger partial charge in [0.15, 0.2) is 11.5 Å². The van der Waals surface area contributed by atoms with Gasteiger partial charge in [-0.25, -0.2) is 0 Å². The van der Waals surface area contributed by atoms with Gasteiger partial charge >= 0.3 is 0 Å². The summed E-state index contributed by atoms with van der Waals surface area (Å²) in [7, 11) is 4.94. The first-order chi connectivity index (χ1) is 11.0. The molecule has 1 saturated heterocycles. The van der Waals surface area contributed by atoms with Crippen LogP contribution in [-0.4, -0.2) is 55.5 Å². The van der Waals surface area contributed by atoms with Crippen molar-refractivity contribution >= 4 is 11.8 Å². The normalized spacial score (nSPS) is 20.5. The highest BCUT2D eigenvalue weighted by molar-refractivity contribution is 5.90. The highest BCUT2D eigenvalue weighted by Crippen LogP contribution is 2.33. The lowest BCUT2D eigenvalue weighted by atomic mass is 9.98. The van der Waals surface area contributed by atoms with E-state index >= 15 is 0 Å². The van der Waals surface area contributed by atoms with E-state index in [4.69, 9.17) is 9.47 Å². The maximum atomic E-state index is 12.7. The molecule has 6 heteroatoms. The zero-order valence-corrected chi connectivity index (χ0v) is 13.8. The fraction of sp³-hybridized carbons (Fsp3) is 0.529. The van der Waals surface area contributed by atoms with Gasteiger partial charge < -0.3 is 19.3 Å². The van der Waals surface area contributed by atoms with Crippen molar-refractivity contribution in [3.63, 3.8) is 0 Å². The van der Waals surface area contributed by atoms with E-state index in [1.807, 2.05) is 17.0 Å². The second-order valence-electron chi connectivity index (χ2n) is 6.04. The molecule has 3 rings (SSSR count). The number of rotatable bonds is 3. The van der Waals surface area contributed by atoms with Crippen molar-refractivity contribution in [3.8, 4) is 11.5 Å². The minimum Gasteiger partial charge on any atom is -0.493 e. The second kappa shape index (κ2) is 6.10. The van der Waals surface area contributed by atoms with Gasteiger partial charge in [0.2, 0.25) is 11.8 Å². The Labute approximate surface area is 136 Å². The quantitative estimate of drug-likeness (QED) is 0.840. The second-order valence-corrected chi connectivity index (χ2v) is 6.04. The van der Waals surface area contributed by atoms with Crippen LogP contribution in [0.15, 0.2) is 12.1 Å². The Hall–Kier alpha value is -2.24. The third-order valence-corrected chi connectivity index (χ3v) is 4.81. The number of methoxy groups -OCH3 is 2. The largest absolute Gasteiger partial charge is 0.493 e. The topological polar surface area (TPSA) is 59.1 Å². The van der Waals surface area contributed by atoms with Crippen molar-refractivity contribution in [1.82, 2.24) is 9.80 Å². The van der Waals surface area contributed by atoms with Crippen LogP contribution in [0.4, 0.5) is 0 Å². The van der Waals surface area contributed by atoms with Gasteiger partial charge in [-0.2, -0.15) is 0 Å². The molecule has 1 unspecified atom stereocenters. The summed E-state index contributed by atoms with van der Waals surface area (Å²) in [6.45, 7) is 1.22. The first-order valence-electron chi connectivity index (χ1n) is 7.83. The Kier molecular flexibility index (Phi) is 4.15. The van der Waals surface area contributed by atoms with E-state index in [2.05, 4.69) is 0 Å². The summed E-state index contributed by atoms with van der Waals surface area (Å²) in [5, 5.41) is 0. The highest BCUT2D eigenvalue weighted by atomic mass is 16.5. The average Bonchev–Trinajstić information content (AvgIpc) is 2.91. The number of likely N-dealkylation sites (tertiary alicyclic amines) is 1. The van der Waals surface area contributed by atoms with Crippen molar-refractivity contribution in [3.05, 3.63) is 23.3 Å². The van der Waals surface area contributed by atoms with Gasteiger partial charge in [0.05, 0.1) is 14.2 Å². The molecule has 0 saturated carbocycles. The first-order valence-corrected chi connectivity index (χ1v) is 7.83. The number of benzene rings is 1. The van der Waals surface area contributed by atoms with Gasteiger partial charge in [0.1, 0.15) is 6.04 Å². The summed E-state index contributed by atoms with van der Waals surface area (Å²) in [6, 6.07) is 3.61. The van der Waals surface area contributed by atoms with Crippen LogP contribution in [0.25, 0.3) is 0 Å². The van der Waals surface area contributed by atoms with Gasteiger partial charge in [-0.15, -0.1) is 0 Å². The number of likely N-dealkylation sites (N-methyl/N-ethyl adjacent to an activating group) is 1. The summed E-state index contributed by atoms with van der Waals surface area (Å²) in [5.74, 6) is 1.48. The molecule has 0 spiro atoms. The van der Waals surface area contributed by atoms with Crippen LogP contribution >= 0.6 is 0 Å². The maximum Gasteiger partial charge on any atom is 0.245 e. The third kappa shape index (κ3) is 2.73. The van der Waals surface area contributed by atoms with Crippen molar-refractivity contribution in [1.29, 1.82) is 0 Å². The van der Waals surface area contributed by atoms with E-state index in [0.717, 1.165) is 12.0 Å². The number of nitrogens with zero attached hydrogens (tertiary/aromatic N) is 2. The Balaban J connectivity index is 1.80. The van der Waals surface area contributed by atoms with Crippen LogP contribution in [0.2, 0.25) is 0 Å². The van der Waals surface area contributed by atoms with E-state index in [-0.39, 0.29) is 17.9 Å². The van der Waals surface area contributed by atoms with Crippen molar-refractivity contribution in [2.75, 3.05) is 27.8 Å². The highest BCUT2D eigenvalue weighted by Gasteiger charge is 2.36. The van der Waals surface area contributed by atoms with Crippen LogP contribution < -0.4 is 9.47 Å². The lowest BCUT2D eigenvalue weighted by Gasteiger charge is -2.33. The van der Waals surface area contributed by atoms with E-state index in [9.17, 15) is 9.59 Å². The van der Waals surface area contributed by atoms with Crippen LogP contribution in [0.5, 0.6) is 11.5 Å². The zero-order valence-electron chi connectivity index (χ0n) is 13.8. The molecule has 6 nitrogen and oxygen atoms in total. The monoisotopic (exact) mass is 318 g/mol. The minimum atomic E-state index is -0.316. The van der Waals surface area contributed by atoms with E-state index in [0.29, 0.717) is 37.4 Å². The lowest BCUT2D eigenvalue weighted by molar-refractivity contribution is -0.140.